The second kappa shape index (κ2) is 9.45. The molecule has 0 aliphatic carbocycles. The predicted molar refractivity (Wildman–Crippen MR) is 114 cm³/mol. The first kappa shape index (κ1) is 22.1. The lowest BCUT2D eigenvalue weighted by Gasteiger charge is -2.35. The van der Waals surface area contributed by atoms with Crippen LogP contribution in [0.15, 0.2) is 30.3 Å². The van der Waals surface area contributed by atoms with E-state index in [1.165, 1.54) is 26.4 Å². The summed E-state index contributed by atoms with van der Waals surface area (Å²) in [6, 6.07) is 8.12. The zero-order valence-corrected chi connectivity index (χ0v) is 18.4. The SMILES string of the molecule is COc1ccc(C(=O)N2CCN(C(=O)c3cc(Cl)c(OC)c(Cl)c3)CC2)cc1OC. The minimum atomic E-state index is -0.195. The topological polar surface area (TPSA) is 68.3 Å². The Morgan fingerprint density at radius 1 is 0.733 bits per heavy atom. The fraction of sp³-hybridized carbons (Fsp3) is 0.333. The Morgan fingerprint density at radius 2 is 1.23 bits per heavy atom. The number of piperazine rings is 1. The van der Waals surface area contributed by atoms with Gasteiger partial charge >= 0.3 is 0 Å². The number of amides is 2. The minimum absolute atomic E-state index is 0.126. The van der Waals surface area contributed by atoms with E-state index in [1.54, 1.807) is 35.1 Å². The number of hydrogen-bond acceptors (Lipinski definition) is 5. The minimum Gasteiger partial charge on any atom is -0.494 e. The van der Waals surface area contributed by atoms with E-state index in [-0.39, 0.29) is 21.9 Å². The monoisotopic (exact) mass is 452 g/mol. The average Bonchev–Trinajstić information content (AvgIpc) is 2.77. The van der Waals surface area contributed by atoms with Crippen LogP contribution in [0.4, 0.5) is 0 Å². The van der Waals surface area contributed by atoms with Gasteiger partial charge in [-0.3, -0.25) is 9.59 Å². The molecule has 30 heavy (non-hydrogen) atoms. The molecule has 2 aromatic rings. The van der Waals surface area contributed by atoms with Crippen LogP contribution in [0.2, 0.25) is 10.0 Å². The molecule has 0 saturated carbocycles. The molecule has 3 rings (SSSR count). The van der Waals surface area contributed by atoms with Crippen LogP contribution in [-0.2, 0) is 0 Å². The van der Waals surface area contributed by atoms with Crippen molar-refractivity contribution < 1.29 is 23.8 Å². The third-order valence-electron chi connectivity index (χ3n) is 4.93. The van der Waals surface area contributed by atoms with E-state index < -0.39 is 0 Å². The van der Waals surface area contributed by atoms with E-state index in [0.717, 1.165) is 0 Å². The van der Waals surface area contributed by atoms with Gasteiger partial charge in [0.25, 0.3) is 11.8 Å². The lowest BCUT2D eigenvalue weighted by atomic mass is 10.1. The predicted octanol–water partition coefficient (Wildman–Crippen LogP) is 3.62. The highest BCUT2D eigenvalue weighted by molar-refractivity contribution is 6.37. The van der Waals surface area contributed by atoms with Crippen molar-refractivity contribution in [3.8, 4) is 17.2 Å². The fourth-order valence-corrected chi connectivity index (χ4v) is 3.97. The van der Waals surface area contributed by atoms with Crippen LogP contribution in [0.5, 0.6) is 17.2 Å². The zero-order chi connectivity index (χ0) is 21.8. The molecule has 0 spiro atoms. The largest absolute Gasteiger partial charge is 0.494 e. The van der Waals surface area contributed by atoms with Gasteiger partial charge < -0.3 is 24.0 Å². The third-order valence-corrected chi connectivity index (χ3v) is 5.50. The molecule has 1 heterocycles. The van der Waals surface area contributed by atoms with Crippen LogP contribution in [-0.4, -0.2) is 69.1 Å². The molecule has 0 unspecified atom stereocenters. The molecule has 1 saturated heterocycles. The van der Waals surface area contributed by atoms with Crippen molar-refractivity contribution in [3.63, 3.8) is 0 Å². The smallest absolute Gasteiger partial charge is 0.254 e. The van der Waals surface area contributed by atoms with Crippen LogP contribution in [0.3, 0.4) is 0 Å². The first-order valence-electron chi connectivity index (χ1n) is 9.23. The number of carbonyl (C=O) groups excluding carboxylic acids is 2. The number of rotatable bonds is 5. The van der Waals surface area contributed by atoms with Gasteiger partial charge in [-0.05, 0) is 30.3 Å². The van der Waals surface area contributed by atoms with Gasteiger partial charge in [-0.2, -0.15) is 0 Å². The number of carbonyl (C=O) groups is 2. The van der Waals surface area contributed by atoms with Crippen molar-refractivity contribution in [1.82, 2.24) is 9.80 Å². The first-order valence-corrected chi connectivity index (χ1v) is 9.98. The van der Waals surface area contributed by atoms with Gasteiger partial charge in [0, 0.05) is 37.3 Å². The molecule has 2 aromatic carbocycles. The Kier molecular flexibility index (Phi) is 6.95. The maximum Gasteiger partial charge on any atom is 0.254 e. The van der Waals surface area contributed by atoms with Crippen molar-refractivity contribution in [2.45, 2.75) is 0 Å². The summed E-state index contributed by atoms with van der Waals surface area (Å²) in [5, 5.41) is 0.547. The number of methoxy groups -OCH3 is 3. The van der Waals surface area contributed by atoms with E-state index >= 15 is 0 Å². The maximum atomic E-state index is 12.9. The van der Waals surface area contributed by atoms with Gasteiger partial charge in [0.15, 0.2) is 17.2 Å². The molecule has 1 fully saturated rings. The summed E-state index contributed by atoms with van der Waals surface area (Å²) >= 11 is 12.3. The van der Waals surface area contributed by atoms with Crippen molar-refractivity contribution in [2.24, 2.45) is 0 Å². The molecular weight excluding hydrogens is 431 g/mol. The molecule has 0 atom stereocenters. The maximum absolute atomic E-state index is 12.9. The van der Waals surface area contributed by atoms with Crippen molar-refractivity contribution in [3.05, 3.63) is 51.5 Å². The van der Waals surface area contributed by atoms with E-state index in [2.05, 4.69) is 0 Å². The second-order valence-corrected chi connectivity index (χ2v) is 7.44. The molecule has 1 aliphatic heterocycles. The van der Waals surface area contributed by atoms with Gasteiger partial charge in [0.2, 0.25) is 0 Å². The first-order chi connectivity index (χ1) is 14.4. The van der Waals surface area contributed by atoms with Gasteiger partial charge in [-0.1, -0.05) is 23.2 Å². The summed E-state index contributed by atoms with van der Waals surface area (Å²) in [5.41, 5.74) is 0.881. The lowest BCUT2D eigenvalue weighted by Crippen LogP contribution is -2.50. The number of nitrogens with zero attached hydrogens (tertiary/aromatic N) is 2. The van der Waals surface area contributed by atoms with E-state index in [0.29, 0.717) is 54.6 Å². The van der Waals surface area contributed by atoms with Crippen LogP contribution < -0.4 is 14.2 Å². The van der Waals surface area contributed by atoms with Crippen LogP contribution >= 0.6 is 23.2 Å². The summed E-state index contributed by atoms with van der Waals surface area (Å²) in [6.45, 7) is 1.63. The molecule has 0 aromatic heterocycles. The molecular formula is C21H22Cl2N2O5. The summed E-state index contributed by atoms with van der Waals surface area (Å²) in [5.74, 6) is 1.06. The summed E-state index contributed by atoms with van der Waals surface area (Å²) in [7, 11) is 4.52. The molecule has 0 bridgehead atoms. The summed E-state index contributed by atoms with van der Waals surface area (Å²) < 4.78 is 15.6. The van der Waals surface area contributed by atoms with Gasteiger partial charge in [-0.15, -0.1) is 0 Å². The zero-order valence-electron chi connectivity index (χ0n) is 16.9. The highest BCUT2D eigenvalue weighted by atomic mass is 35.5. The normalized spacial score (nSPS) is 13.8. The van der Waals surface area contributed by atoms with E-state index in [1.807, 2.05) is 0 Å². The van der Waals surface area contributed by atoms with Gasteiger partial charge in [-0.25, -0.2) is 0 Å². The van der Waals surface area contributed by atoms with Crippen molar-refractivity contribution in [2.75, 3.05) is 47.5 Å². The Hall–Kier alpha value is -2.64. The van der Waals surface area contributed by atoms with E-state index in [4.69, 9.17) is 37.4 Å². The summed E-state index contributed by atoms with van der Waals surface area (Å²) in [4.78, 5) is 29.1. The fourth-order valence-electron chi connectivity index (χ4n) is 3.33. The Bertz CT molecular complexity index is 935. The van der Waals surface area contributed by atoms with Crippen molar-refractivity contribution >= 4 is 35.0 Å². The quantitative estimate of drug-likeness (QED) is 0.692. The van der Waals surface area contributed by atoms with Gasteiger partial charge in [0.1, 0.15) is 0 Å². The molecule has 9 heteroatoms. The summed E-state index contributed by atoms with van der Waals surface area (Å²) in [6.07, 6.45) is 0. The van der Waals surface area contributed by atoms with Gasteiger partial charge in [0.05, 0.1) is 31.4 Å². The number of halogens is 2. The molecule has 1 aliphatic rings. The molecule has 0 radical (unpaired) electrons. The second-order valence-electron chi connectivity index (χ2n) is 6.63. The van der Waals surface area contributed by atoms with Crippen LogP contribution in [0.25, 0.3) is 0 Å². The molecule has 160 valence electrons. The number of hydrogen-bond donors (Lipinski definition) is 0. The molecule has 2 amide bonds. The highest BCUT2D eigenvalue weighted by Gasteiger charge is 2.27. The number of benzene rings is 2. The Balaban J connectivity index is 1.67. The van der Waals surface area contributed by atoms with Crippen LogP contribution in [0.1, 0.15) is 20.7 Å². The van der Waals surface area contributed by atoms with E-state index in [9.17, 15) is 9.59 Å². The lowest BCUT2D eigenvalue weighted by molar-refractivity contribution is 0.0535. The standard InChI is InChI=1S/C21H22Cl2N2O5/c1-28-17-5-4-13(12-18(17)29-2)20(26)24-6-8-25(9-7-24)21(27)14-10-15(22)19(30-3)16(23)11-14/h4-5,10-12H,6-9H2,1-3H3. The van der Waals surface area contributed by atoms with Crippen molar-refractivity contribution in [1.29, 1.82) is 0 Å². The number of ether oxygens (including phenoxy) is 3. The average molecular weight is 453 g/mol. The molecule has 0 N–H and O–H groups in total. The third kappa shape index (κ3) is 4.42. The van der Waals surface area contributed by atoms with Crippen LogP contribution in [0, 0.1) is 0 Å². The Labute approximate surface area is 185 Å². The highest BCUT2D eigenvalue weighted by Crippen LogP contribution is 2.34. The Morgan fingerprint density at radius 3 is 1.70 bits per heavy atom. The molecule has 7 nitrogen and oxygen atoms in total.